The van der Waals surface area contributed by atoms with Gasteiger partial charge in [0.15, 0.2) is 0 Å². The van der Waals surface area contributed by atoms with Crippen molar-refractivity contribution < 1.29 is 14.3 Å². The van der Waals surface area contributed by atoms with Gasteiger partial charge in [0.2, 0.25) is 0 Å². The van der Waals surface area contributed by atoms with Crippen LogP contribution in [0.1, 0.15) is 28.5 Å². The molecule has 0 aliphatic carbocycles. The van der Waals surface area contributed by atoms with Crippen LogP contribution in [0.15, 0.2) is 53.6 Å². The average molecular weight is 378 g/mol. The number of carbonyl (C=O) groups is 2. The van der Waals surface area contributed by atoms with Crippen LogP contribution in [0.3, 0.4) is 0 Å². The molecule has 0 unspecified atom stereocenters. The molecular weight excluding hydrogens is 356 g/mol. The number of nitrogen functional groups attached to an aromatic ring is 1. The van der Waals surface area contributed by atoms with Gasteiger partial charge in [0.25, 0.3) is 5.91 Å². The molecule has 144 valence electrons. The van der Waals surface area contributed by atoms with E-state index in [-0.39, 0.29) is 18.4 Å². The van der Waals surface area contributed by atoms with Crippen molar-refractivity contribution in [1.29, 1.82) is 0 Å². The number of benzene rings is 2. The molecule has 0 radical (unpaired) electrons. The second kappa shape index (κ2) is 8.39. The van der Waals surface area contributed by atoms with E-state index in [1.165, 1.54) is 0 Å². The Bertz CT molecular complexity index is 1050. The number of nitrogens with zero attached hydrogens (tertiary/aromatic N) is 2. The van der Waals surface area contributed by atoms with E-state index >= 15 is 0 Å². The number of nitrogens with one attached hydrogen (secondary N) is 1. The minimum atomic E-state index is -0.387. The van der Waals surface area contributed by atoms with Crippen molar-refractivity contribution in [3.8, 4) is 0 Å². The fourth-order valence-electron chi connectivity index (χ4n) is 3.08. The van der Waals surface area contributed by atoms with Gasteiger partial charge >= 0.3 is 5.97 Å². The van der Waals surface area contributed by atoms with Crippen molar-refractivity contribution in [2.24, 2.45) is 5.10 Å². The molecule has 0 bridgehead atoms. The highest BCUT2D eigenvalue weighted by Gasteiger charge is 2.15. The van der Waals surface area contributed by atoms with Crippen molar-refractivity contribution in [3.63, 3.8) is 0 Å². The Kier molecular flexibility index (Phi) is 5.74. The summed E-state index contributed by atoms with van der Waals surface area (Å²) in [6.45, 7) is 4.12. The van der Waals surface area contributed by atoms with E-state index < -0.39 is 0 Å². The van der Waals surface area contributed by atoms with Crippen molar-refractivity contribution in [1.82, 2.24) is 9.99 Å². The first-order valence-electron chi connectivity index (χ1n) is 8.94. The van der Waals surface area contributed by atoms with Gasteiger partial charge in [-0.1, -0.05) is 30.3 Å². The lowest BCUT2D eigenvalue weighted by Crippen LogP contribution is -2.19. The number of fused-ring (bicyclic) bond motifs is 1. The first-order valence-corrected chi connectivity index (χ1v) is 8.94. The molecule has 1 amide bonds. The number of hydrogen-bond acceptors (Lipinski definition) is 5. The molecule has 1 heterocycles. The van der Waals surface area contributed by atoms with Gasteiger partial charge in [-0.2, -0.15) is 5.10 Å². The van der Waals surface area contributed by atoms with Gasteiger partial charge < -0.3 is 15.0 Å². The van der Waals surface area contributed by atoms with Crippen LogP contribution in [0.4, 0.5) is 5.69 Å². The third-order valence-electron chi connectivity index (χ3n) is 4.44. The molecule has 7 nitrogen and oxygen atoms in total. The predicted molar refractivity (Wildman–Crippen MR) is 109 cm³/mol. The van der Waals surface area contributed by atoms with Gasteiger partial charge in [0, 0.05) is 27.8 Å². The summed E-state index contributed by atoms with van der Waals surface area (Å²) in [4.78, 5) is 24.2. The van der Waals surface area contributed by atoms with Gasteiger partial charge in [0.1, 0.15) is 6.54 Å². The summed E-state index contributed by atoms with van der Waals surface area (Å²) >= 11 is 0. The van der Waals surface area contributed by atoms with E-state index in [1.807, 2.05) is 35.8 Å². The maximum absolute atomic E-state index is 12.3. The van der Waals surface area contributed by atoms with E-state index in [9.17, 15) is 9.59 Å². The lowest BCUT2D eigenvalue weighted by Gasteiger charge is -2.07. The number of anilines is 1. The van der Waals surface area contributed by atoms with E-state index in [4.69, 9.17) is 10.5 Å². The first-order chi connectivity index (χ1) is 13.5. The second-order valence-electron chi connectivity index (χ2n) is 6.19. The third-order valence-corrected chi connectivity index (χ3v) is 4.44. The highest BCUT2D eigenvalue weighted by Crippen LogP contribution is 2.24. The molecule has 3 aromatic rings. The van der Waals surface area contributed by atoms with E-state index in [0.29, 0.717) is 17.9 Å². The summed E-state index contributed by atoms with van der Waals surface area (Å²) in [6, 6.07) is 14.5. The number of ether oxygens (including phenoxy) is 1. The van der Waals surface area contributed by atoms with Gasteiger partial charge in [0.05, 0.1) is 18.4 Å². The Morgan fingerprint density at radius 3 is 2.64 bits per heavy atom. The monoisotopic (exact) mass is 378 g/mol. The molecule has 0 fully saturated rings. The van der Waals surface area contributed by atoms with Crippen LogP contribution in [-0.2, 0) is 16.1 Å². The molecule has 0 saturated heterocycles. The maximum atomic E-state index is 12.3. The third kappa shape index (κ3) is 3.88. The number of nitrogens with two attached hydrogens (primary N) is 1. The predicted octanol–water partition coefficient (Wildman–Crippen LogP) is 2.86. The fraction of sp³-hybridized carbons (Fsp3) is 0.190. The molecule has 7 heteroatoms. The highest BCUT2D eigenvalue weighted by molar-refractivity contribution is 6.03. The standard InChI is InChI=1S/C21H22N4O3/c1-3-28-20(26)13-25-14(2)17(15-8-5-7-11-19(15)25)12-23-24-21(27)16-9-4-6-10-18(16)22/h4-12H,3,13,22H2,1-2H3,(H,24,27)/b23-12-. The van der Waals surface area contributed by atoms with Gasteiger partial charge in [-0.3, -0.25) is 9.59 Å². The zero-order valence-corrected chi connectivity index (χ0v) is 15.8. The number of hydrazone groups is 1. The minimum absolute atomic E-state index is 0.112. The number of esters is 1. The summed E-state index contributed by atoms with van der Waals surface area (Å²) in [7, 11) is 0. The Morgan fingerprint density at radius 1 is 1.18 bits per heavy atom. The SMILES string of the molecule is CCOC(=O)Cn1c(C)c(/C=N\NC(=O)c2ccccc2N)c2ccccc21. The zero-order valence-electron chi connectivity index (χ0n) is 15.8. The molecule has 0 atom stereocenters. The fourth-order valence-corrected chi connectivity index (χ4v) is 3.08. The Morgan fingerprint density at radius 2 is 1.89 bits per heavy atom. The van der Waals surface area contributed by atoms with E-state index in [0.717, 1.165) is 22.2 Å². The summed E-state index contributed by atoms with van der Waals surface area (Å²) < 4.78 is 6.95. The first kappa shape index (κ1) is 19.2. The topological polar surface area (TPSA) is 98.7 Å². The number of amides is 1. The summed E-state index contributed by atoms with van der Waals surface area (Å²) in [5.74, 6) is -0.690. The molecule has 0 aliphatic heterocycles. The molecule has 0 aliphatic rings. The summed E-state index contributed by atoms with van der Waals surface area (Å²) in [5.41, 5.74) is 11.6. The smallest absolute Gasteiger partial charge is 0.325 e. The van der Waals surface area contributed by atoms with E-state index in [2.05, 4.69) is 10.5 Å². The molecular formula is C21H22N4O3. The van der Waals surface area contributed by atoms with Crippen LogP contribution >= 0.6 is 0 Å². The second-order valence-corrected chi connectivity index (χ2v) is 6.19. The van der Waals surface area contributed by atoms with Crippen molar-refractivity contribution in [2.45, 2.75) is 20.4 Å². The van der Waals surface area contributed by atoms with Crippen LogP contribution in [0.5, 0.6) is 0 Å². The largest absolute Gasteiger partial charge is 0.465 e. The van der Waals surface area contributed by atoms with Gasteiger partial charge in [-0.05, 0) is 32.0 Å². The molecule has 3 rings (SSSR count). The van der Waals surface area contributed by atoms with Crippen LogP contribution in [-0.4, -0.2) is 29.3 Å². The Balaban J connectivity index is 1.88. The molecule has 0 spiro atoms. The Labute approximate surface area is 162 Å². The van der Waals surface area contributed by atoms with Crippen LogP contribution in [0.25, 0.3) is 10.9 Å². The van der Waals surface area contributed by atoms with Crippen molar-refractivity contribution in [2.75, 3.05) is 12.3 Å². The number of hydrogen-bond donors (Lipinski definition) is 2. The molecule has 28 heavy (non-hydrogen) atoms. The van der Waals surface area contributed by atoms with Crippen LogP contribution in [0.2, 0.25) is 0 Å². The average Bonchev–Trinajstić information content (AvgIpc) is 2.94. The van der Waals surface area contributed by atoms with Crippen LogP contribution < -0.4 is 11.2 Å². The highest BCUT2D eigenvalue weighted by atomic mass is 16.5. The summed E-state index contributed by atoms with van der Waals surface area (Å²) in [6.07, 6.45) is 1.58. The van der Waals surface area contributed by atoms with Gasteiger partial charge in [-0.25, -0.2) is 5.43 Å². The molecule has 3 N–H and O–H groups in total. The molecule has 2 aromatic carbocycles. The van der Waals surface area contributed by atoms with Crippen molar-refractivity contribution >= 4 is 34.7 Å². The lowest BCUT2D eigenvalue weighted by molar-refractivity contribution is -0.143. The van der Waals surface area contributed by atoms with Crippen molar-refractivity contribution in [3.05, 3.63) is 65.4 Å². The summed E-state index contributed by atoms with van der Waals surface area (Å²) in [5, 5.41) is 5.02. The van der Waals surface area contributed by atoms with Gasteiger partial charge in [-0.15, -0.1) is 0 Å². The number of para-hydroxylation sites is 2. The quantitative estimate of drug-likeness (QED) is 0.298. The molecule has 0 saturated carbocycles. The van der Waals surface area contributed by atoms with E-state index in [1.54, 1.807) is 37.4 Å². The minimum Gasteiger partial charge on any atom is -0.465 e. The van der Waals surface area contributed by atoms with Crippen LogP contribution in [0, 0.1) is 6.92 Å². The molecule has 1 aromatic heterocycles. The Hall–Kier alpha value is -3.61. The number of carbonyl (C=O) groups excluding carboxylic acids is 2. The normalized spacial score (nSPS) is 11.1. The lowest BCUT2D eigenvalue weighted by atomic mass is 10.1. The number of aromatic nitrogens is 1. The maximum Gasteiger partial charge on any atom is 0.325 e. The number of rotatable bonds is 6. The zero-order chi connectivity index (χ0) is 20.1.